The minimum atomic E-state index is -0.0877. The molecule has 1 N–H and O–H groups in total. The summed E-state index contributed by atoms with van der Waals surface area (Å²) >= 11 is 0. The molecule has 3 nitrogen and oxygen atoms in total. The number of carbonyl (C=O) groups is 1. The van der Waals surface area contributed by atoms with Crippen LogP contribution in [0.25, 0.3) is 0 Å². The molecule has 0 saturated heterocycles. The molecule has 0 aliphatic carbocycles. The molecule has 1 aromatic rings. The lowest BCUT2D eigenvalue weighted by Gasteiger charge is -2.24. The molecule has 0 heterocycles. The van der Waals surface area contributed by atoms with E-state index in [4.69, 9.17) is 0 Å². The van der Waals surface area contributed by atoms with Gasteiger partial charge < -0.3 is 10.0 Å². The Kier molecular flexibility index (Phi) is 5.20. The van der Waals surface area contributed by atoms with Crippen molar-refractivity contribution in [2.45, 2.75) is 34.1 Å². The van der Waals surface area contributed by atoms with Gasteiger partial charge in [0, 0.05) is 13.1 Å². The summed E-state index contributed by atoms with van der Waals surface area (Å²) in [5, 5.41) is 9.85. The summed E-state index contributed by atoms with van der Waals surface area (Å²) < 4.78 is 0. The Balaban J connectivity index is 2.89. The van der Waals surface area contributed by atoms with Gasteiger partial charge >= 0.3 is 0 Å². The molecular weight excluding hydrogens is 226 g/mol. The number of nitrogens with zero attached hydrogens (tertiary/aromatic N) is 1. The molecule has 0 radical (unpaired) electrons. The lowest BCUT2D eigenvalue weighted by Crippen LogP contribution is -2.34. The average molecular weight is 249 g/mol. The van der Waals surface area contributed by atoms with E-state index in [1.54, 1.807) is 17.0 Å². The fraction of sp³-hybridized carbons (Fsp3) is 0.533. The smallest absolute Gasteiger partial charge is 0.257 e. The van der Waals surface area contributed by atoms with Crippen molar-refractivity contribution in [1.82, 2.24) is 4.90 Å². The monoisotopic (exact) mass is 249 g/mol. The molecule has 0 saturated carbocycles. The Hall–Kier alpha value is -1.51. The van der Waals surface area contributed by atoms with Crippen molar-refractivity contribution in [2.75, 3.05) is 13.1 Å². The number of hydrogen-bond acceptors (Lipinski definition) is 2. The van der Waals surface area contributed by atoms with Gasteiger partial charge in [0.25, 0.3) is 5.91 Å². The number of amides is 1. The standard InChI is InChI=1S/C15H23NO2/c1-5-11(3)10-16(6-2)15(18)13-8-7-12(4)9-14(13)17/h7-9,11,17H,5-6,10H2,1-4H3. The van der Waals surface area contributed by atoms with Crippen LogP contribution in [-0.2, 0) is 0 Å². The maximum absolute atomic E-state index is 12.3. The second-order valence-electron chi connectivity index (χ2n) is 4.88. The molecular formula is C15H23NO2. The summed E-state index contributed by atoms with van der Waals surface area (Å²) in [6.45, 7) is 9.50. The first-order valence-corrected chi connectivity index (χ1v) is 6.58. The predicted molar refractivity (Wildman–Crippen MR) is 73.9 cm³/mol. The second-order valence-corrected chi connectivity index (χ2v) is 4.88. The summed E-state index contributed by atoms with van der Waals surface area (Å²) in [7, 11) is 0. The van der Waals surface area contributed by atoms with E-state index in [-0.39, 0.29) is 11.7 Å². The molecule has 1 atom stereocenters. The third-order valence-corrected chi connectivity index (χ3v) is 3.28. The summed E-state index contributed by atoms with van der Waals surface area (Å²) in [4.78, 5) is 14.1. The van der Waals surface area contributed by atoms with E-state index in [9.17, 15) is 9.90 Å². The highest BCUT2D eigenvalue weighted by atomic mass is 16.3. The van der Waals surface area contributed by atoms with Crippen LogP contribution < -0.4 is 0 Å². The zero-order chi connectivity index (χ0) is 13.7. The zero-order valence-corrected chi connectivity index (χ0v) is 11.7. The Labute approximate surface area is 109 Å². The first kappa shape index (κ1) is 14.6. The van der Waals surface area contributed by atoms with Gasteiger partial charge in [-0.25, -0.2) is 0 Å². The highest BCUT2D eigenvalue weighted by Crippen LogP contribution is 2.21. The van der Waals surface area contributed by atoms with Gasteiger partial charge in [0.1, 0.15) is 5.75 Å². The molecule has 1 rings (SSSR count). The molecule has 1 aromatic carbocycles. The Morgan fingerprint density at radius 2 is 2.06 bits per heavy atom. The molecule has 3 heteroatoms. The van der Waals surface area contributed by atoms with E-state index < -0.39 is 0 Å². The average Bonchev–Trinajstić information content (AvgIpc) is 2.34. The number of phenolic OH excluding ortho intramolecular Hbond substituents is 1. The van der Waals surface area contributed by atoms with E-state index in [1.165, 1.54) is 0 Å². The van der Waals surface area contributed by atoms with E-state index in [0.717, 1.165) is 18.5 Å². The molecule has 0 spiro atoms. The summed E-state index contributed by atoms with van der Waals surface area (Å²) in [6, 6.07) is 5.18. The van der Waals surface area contributed by atoms with Crippen LogP contribution >= 0.6 is 0 Å². The van der Waals surface area contributed by atoms with Crippen molar-refractivity contribution in [1.29, 1.82) is 0 Å². The van der Waals surface area contributed by atoms with Gasteiger partial charge in [0.05, 0.1) is 5.56 Å². The van der Waals surface area contributed by atoms with Crippen molar-refractivity contribution >= 4 is 5.91 Å². The van der Waals surface area contributed by atoms with E-state index >= 15 is 0 Å². The maximum Gasteiger partial charge on any atom is 0.257 e. The summed E-state index contributed by atoms with van der Waals surface area (Å²) in [5.41, 5.74) is 1.35. The van der Waals surface area contributed by atoms with Gasteiger partial charge in [-0.2, -0.15) is 0 Å². The SMILES string of the molecule is CCC(C)CN(CC)C(=O)c1ccc(C)cc1O. The van der Waals surface area contributed by atoms with Crippen molar-refractivity contribution in [3.63, 3.8) is 0 Å². The highest BCUT2D eigenvalue weighted by Gasteiger charge is 2.18. The number of phenols is 1. The topological polar surface area (TPSA) is 40.5 Å². The van der Waals surface area contributed by atoms with Gasteiger partial charge in [-0.15, -0.1) is 0 Å². The largest absolute Gasteiger partial charge is 0.507 e. The lowest BCUT2D eigenvalue weighted by atomic mass is 10.1. The Morgan fingerprint density at radius 3 is 2.56 bits per heavy atom. The van der Waals surface area contributed by atoms with Gasteiger partial charge in [-0.05, 0) is 37.5 Å². The van der Waals surface area contributed by atoms with Crippen molar-refractivity contribution in [3.05, 3.63) is 29.3 Å². The van der Waals surface area contributed by atoms with Gasteiger partial charge in [0.2, 0.25) is 0 Å². The third-order valence-electron chi connectivity index (χ3n) is 3.28. The molecule has 1 amide bonds. The molecule has 0 aliphatic heterocycles. The quantitative estimate of drug-likeness (QED) is 0.870. The number of aryl methyl sites for hydroxylation is 1. The number of hydrogen-bond donors (Lipinski definition) is 1. The maximum atomic E-state index is 12.3. The Bertz CT molecular complexity index is 415. The lowest BCUT2D eigenvalue weighted by molar-refractivity contribution is 0.0738. The molecule has 0 aliphatic rings. The predicted octanol–water partition coefficient (Wildman–Crippen LogP) is 3.21. The summed E-state index contributed by atoms with van der Waals surface area (Å²) in [6.07, 6.45) is 1.05. The van der Waals surface area contributed by atoms with Crippen molar-refractivity contribution in [3.8, 4) is 5.75 Å². The number of carbonyl (C=O) groups excluding carboxylic acids is 1. The van der Waals surface area contributed by atoms with Crippen LogP contribution in [0.15, 0.2) is 18.2 Å². The zero-order valence-electron chi connectivity index (χ0n) is 11.7. The van der Waals surface area contributed by atoms with Crippen LogP contribution in [0.4, 0.5) is 0 Å². The van der Waals surface area contributed by atoms with Crippen LogP contribution in [0, 0.1) is 12.8 Å². The normalized spacial score (nSPS) is 12.2. The van der Waals surface area contributed by atoms with Crippen LogP contribution in [0.2, 0.25) is 0 Å². The third kappa shape index (κ3) is 3.49. The Morgan fingerprint density at radius 1 is 1.39 bits per heavy atom. The van der Waals surface area contributed by atoms with Crippen LogP contribution in [0.5, 0.6) is 5.75 Å². The molecule has 100 valence electrons. The fourth-order valence-corrected chi connectivity index (χ4v) is 1.85. The van der Waals surface area contributed by atoms with Crippen molar-refractivity contribution in [2.24, 2.45) is 5.92 Å². The fourth-order valence-electron chi connectivity index (χ4n) is 1.85. The van der Waals surface area contributed by atoms with Crippen LogP contribution in [-0.4, -0.2) is 29.0 Å². The molecule has 18 heavy (non-hydrogen) atoms. The summed E-state index contributed by atoms with van der Waals surface area (Å²) in [5.74, 6) is 0.458. The van der Waals surface area contributed by atoms with Gasteiger partial charge in [-0.1, -0.05) is 26.3 Å². The van der Waals surface area contributed by atoms with E-state index in [1.807, 2.05) is 19.9 Å². The number of benzene rings is 1. The van der Waals surface area contributed by atoms with Gasteiger partial charge in [0.15, 0.2) is 0 Å². The van der Waals surface area contributed by atoms with E-state index in [0.29, 0.717) is 18.0 Å². The van der Waals surface area contributed by atoms with Gasteiger partial charge in [-0.3, -0.25) is 4.79 Å². The minimum absolute atomic E-state index is 0.0719. The first-order chi connectivity index (χ1) is 8.49. The van der Waals surface area contributed by atoms with E-state index in [2.05, 4.69) is 13.8 Å². The highest BCUT2D eigenvalue weighted by molar-refractivity contribution is 5.96. The number of aromatic hydroxyl groups is 1. The molecule has 0 fully saturated rings. The van der Waals surface area contributed by atoms with Crippen molar-refractivity contribution < 1.29 is 9.90 Å². The number of rotatable bonds is 5. The minimum Gasteiger partial charge on any atom is -0.507 e. The molecule has 1 unspecified atom stereocenters. The molecule has 0 bridgehead atoms. The van der Waals surface area contributed by atoms with Crippen LogP contribution in [0.3, 0.4) is 0 Å². The molecule has 0 aromatic heterocycles. The first-order valence-electron chi connectivity index (χ1n) is 6.58. The second kappa shape index (κ2) is 6.43. The van der Waals surface area contributed by atoms with Crippen LogP contribution in [0.1, 0.15) is 43.1 Å².